The average molecular weight is 1870 g/mol. The number of nitrogens with one attached hydrogen (secondary N) is 4. The van der Waals surface area contributed by atoms with E-state index >= 15 is 0 Å². The van der Waals surface area contributed by atoms with Crippen LogP contribution in [-0.2, 0) is 44.0 Å². The van der Waals surface area contributed by atoms with Gasteiger partial charge in [0.1, 0.15) is 5.69 Å². The molecule has 4 aromatic carbocycles. The topological polar surface area (TPSA) is 263 Å². The van der Waals surface area contributed by atoms with E-state index in [1.807, 2.05) is 37.3 Å². The van der Waals surface area contributed by atoms with Crippen LogP contribution in [0.25, 0.3) is 32.0 Å². The van der Waals surface area contributed by atoms with E-state index in [-0.39, 0.29) is 45.9 Å². The van der Waals surface area contributed by atoms with Gasteiger partial charge in [-0.15, -0.1) is 16.4 Å². The molecule has 0 saturated heterocycles. The number of aliphatic imine (C=N–C) groups is 2. The number of allylic oxidation sites excluding steroid dienone is 10. The Morgan fingerprint density at radius 3 is 1.34 bits per heavy atom. The second-order valence-electron chi connectivity index (χ2n) is 45.1. The number of methoxy groups -OCH3 is 1. The molecule has 2 bridgehead atoms. The largest absolute Gasteiger partial charge is 0.385 e. The van der Waals surface area contributed by atoms with Gasteiger partial charge in [-0.2, -0.15) is 0 Å². The summed E-state index contributed by atoms with van der Waals surface area (Å²) >= 11 is 0. The highest BCUT2D eigenvalue weighted by molar-refractivity contribution is 6.45. The van der Waals surface area contributed by atoms with E-state index < -0.39 is 16.8 Å². The van der Waals surface area contributed by atoms with Crippen molar-refractivity contribution in [3.63, 3.8) is 0 Å². The van der Waals surface area contributed by atoms with E-state index in [1.54, 1.807) is 31.7 Å². The van der Waals surface area contributed by atoms with Gasteiger partial charge < -0.3 is 65.0 Å². The number of aromatic nitrogens is 4. The molecule has 2 atom stereocenters. The second kappa shape index (κ2) is 44.6. The van der Waals surface area contributed by atoms with Crippen LogP contribution in [0.1, 0.15) is 362 Å². The number of hydrogen-bond donors (Lipinski definition) is 7. The number of aromatic amines is 2. The first-order valence-electron chi connectivity index (χ1n) is 51.4. The van der Waals surface area contributed by atoms with Crippen LogP contribution in [-0.4, -0.2) is 157 Å². The van der Waals surface area contributed by atoms with Crippen LogP contribution in [0, 0.1) is 65.9 Å². The van der Waals surface area contributed by atoms with E-state index in [9.17, 15) is 34.5 Å². The van der Waals surface area contributed by atoms with Gasteiger partial charge in [0.05, 0.1) is 29.6 Å². The number of rotatable bonds is 26. The van der Waals surface area contributed by atoms with Crippen LogP contribution in [0.4, 0.5) is 11.4 Å². The van der Waals surface area contributed by atoms with E-state index in [4.69, 9.17) is 24.3 Å². The molecule has 5 saturated carbocycles. The van der Waals surface area contributed by atoms with Gasteiger partial charge >= 0.3 is 0 Å². The first-order chi connectivity index (χ1) is 65.8. The number of Topliss-reactive ketones (excluding diaryl/α,β-unsaturated/α-hetero) is 2. The third kappa shape index (κ3) is 25.9. The molecule has 5 fully saturated rings. The van der Waals surface area contributed by atoms with E-state index in [1.165, 1.54) is 84.8 Å². The lowest BCUT2D eigenvalue weighted by atomic mass is 9.72. The minimum atomic E-state index is -0.881. The summed E-state index contributed by atoms with van der Waals surface area (Å²) in [4.78, 5) is 88.5. The summed E-state index contributed by atoms with van der Waals surface area (Å²) < 4.78 is 5.23. The molecule has 2 aliphatic heterocycles. The fraction of sp³-hybridized carbons (Fsp3) is 0.556. The van der Waals surface area contributed by atoms with Gasteiger partial charge in [0.25, 0.3) is 23.5 Å². The molecule has 4 heterocycles. The lowest BCUT2D eigenvalue weighted by molar-refractivity contribution is -0.111. The van der Waals surface area contributed by atoms with E-state index in [0.29, 0.717) is 115 Å². The zero-order valence-corrected chi connectivity index (χ0v) is 85.2. The summed E-state index contributed by atoms with van der Waals surface area (Å²) in [6.45, 7) is 43.0. The number of hydrogen-bond acceptors (Lipinski definition) is 15. The van der Waals surface area contributed by atoms with Crippen molar-refractivity contribution < 1.29 is 39.2 Å². The van der Waals surface area contributed by atoms with Crippen molar-refractivity contribution in [2.45, 2.75) is 329 Å². The number of H-pyrrole nitrogens is 2. The first kappa shape index (κ1) is 103. The van der Waals surface area contributed by atoms with Crippen molar-refractivity contribution in [3.05, 3.63) is 235 Å². The lowest BCUT2D eigenvalue weighted by Gasteiger charge is -2.40. The van der Waals surface area contributed by atoms with Gasteiger partial charge in [-0.05, 0) is 351 Å². The summed E-state index contributed by atoms with van der Waals surface area (Å²) in [5.74, 6) is 5.12. The van der Waals surface area contributed by atoms with E-state index in [0.717, 1.165) is 209 Å². The third-order valence-corrected chi connectivity index (χ3v) is 32.5. The molecular weight excluding hydrogens is 1720 g/mol. The molecule has 21 nitrogen and oxygen atoms in total. The van der Waals surface area contributed by atoms with Gasteiger partial charge in [0.2, 0.25) is 11.6 Å². The zero-order valence-electron chi connectivity index (χ0n) is 85.2. The van der Waals surface area contributed by atoms with Crippen LogP contribution < -0.4 is 10.6 Å². The Balaban J connectivity index is 0.000000147. The van der Waals surface area contributed by atoms with Gasteiger partial charge in [-0.1, -0.05) is 180 Å². The van der Waals surface area contributed by atoms with Crippen LogP contribution in [0.15, 0.2) is 143 Å². The smallest absolute Gasteiger partial charge is 0.293 e. The molecule has 7 N–H and O–H groups in total. The fourth-order valence-corrected chi connectivity index (χ4v) is 23.0. The van der Waals surface area contributed by atoms with Gasteiger partial charge in [0, 0.05) is 91.9 Å². The van der Waals surface area contributed by atoms with Crippen LogP contribution in [0.3, 0.4) is 0 Å². The van der Waals surface area contributed by atoms with Crippen molar-refractivity contribution in [3.8, 4) is 12.3 Å². The van der Waals surface area contributed by atoms with E-state index in [2.05, 4.69) is 228 Å². The maximum atomic E-state index is 13.0. The summed E-state index contributed by atoms with van der Waals surface area (Å²) in [5, 5.41) is 41.1. The molecule has 138 heavy (non-hydrogen) atoms. The standard InChI is InChI=1S/C31H41N3O.C30H40N4O3.C28H33N3O2.C28H39N3O2/c1-6-26-21-32-30(33-26)29(35)20-25-10-9-24(19-28(25)23-15-17-31(4,5)18-16-23)22-11-13-27(14-12-22)34(7-2)8-3;1-29(2)14-10-21(11-15-29)24-20-22(30(36)16-12-23(13-17-30)34(4)18-19-37-5)6-7-25(24)33-28(35)26-8-9-27(31-3)32-26;1-27(2)12-10-20(11-13-27)22-15-21(28(33)16-18-4-5-19(14-18)17-28)6-7-23(22)31-26(32)24-8-9-25(29-3)30-24;1-19-18-29-26(30-19)25(32)16-21-6-7-22(28(33)14-10-23(11-15-28)31(4)5)17-24(21)20-8-12-27(2,3)13-9-20/h1,9-10,15,19,21-22,27H,7-8,11-14,16-18,20H2,2-5H3,(H,32,33);6-7,9-10,20,23,36H,8,11-19H2,1-2,4-5H3,(H,33,35);6-7,9-10,15,18-19,33H,4-5,8,11-14,16-17H2,1-2H3,(H,31,32);6-8,17-18,23,33H,9-16H2,1-5H3,(H,29,30). The van der Waals surface area contributed by atoms with Gasteiger partial charge in [-0.3, -0.25) is 19.2 Å². The normalized spacial score (nSPS) is 25.6. The molecule has 21 heteroatoms. The number of likely N-dealkylation sites (N-methyl/N-ethyl adjacent to an activating group) is 1. The molecule has 734 valence electrons. The minimum Gasteiger partial charge on any atom is -0.385 e. The number of fused-ring (bicyclic) bond motifs is 2. The van der Waals surface area contributed by atoms with Crippen LogP contribution in [0.5, 0.6) is 0 Å². The molecule has 6 aromatic rings. The zero-order chi connectivity index (χ0) is 98.7. The molecular formula is C117H153N13O8. The van der Waals surface area contributed by atoms with Crippen molar-refractivity contribution in [1.29, 1.82) is 0 Å². The maximum absolute atomic E-state index is 13.0. The summed E-state index contributed by atoms with van der Waals surface area (Å²) in [7, 11) is 8.10. The number of carbonyl (C=O) groups excluding carboxylic acids is 4. The fourth-order valence-electron chi connectivity index (χ4n) is 23.0. The maximum Gasteiger partial charge on any atom is 0.293 e. The number of amides is 2. The molecule has 2 aromatic heterocycles. The Morgan fingerprint density at radius 2 is 0.935 bits per heavy atom. The number of ketones is 2. The van der Waals surface area contributed by atoms with Crippen LogP contribution in [0.2, 0.25) is 0 Å². The second-order valence-corrected chi connectivity index (χ2v) is 45.1. The highest BCUT2D eigenvalue weighted by Gasteiger charge is 2.46. The number of aryl methyl sites for hydroxylation is 1. The Kier molecular flexibility index (Phi) is 33.5. The number of terminal acetylenes is 1. The molecule has 11 aliphatic rings. The molecule has 2 amide bonds. The SMILES string of the molecule is C#Cc1cnc(C(=O)Cc2ccc(C3CCC(N(CC)CC)CC3)cc2C2=CCC(C)(C)CC2)[nH]1.Cc1cnc(C(=O)Cc2ccc(C3(O)CCC(N(C)C)CC3)cc2C2=CCC(C)(C)CC2)[nH]1.[C-]#[N+]C1=CCC(C(=O)Nc2ccc(C3(O)CC4CCC(C4)C3)cc2C2=CCC(C)(C)CC2)=N1.[C-]#[N+]C1=CCC(C(=O)Nc2ccc(C3(O)CCC(N(C)CCOC)CC3)cc2C2=CCC(C)(C)CC2)=N1. The summed E-state index contributed by atoms with van der Waals surface area (Å²) in [6.07, 6.45) is 52.5. The Morgan fingerprint density at radius 1 is 0.514 bits per heavy atom. The Hall–Kier alpha value is -10.4. The summed E-state index contributed by atoms with van der Waals surface area (Å²) in [5.41, 5.74) is 18.4. The Labute approximate surface area is 822 Å². The third-order valence-electron chi connectivity index (χ3n) is 32.5. The Bertz CT molecular complexity index is 5810. The molecule has 0 spiro atoms. The lowest BCUT2D eigenvalue weighted by Crippen LogP contribution is -2.41. The minimum absolute atomic E-state index is 0.000887. The molecule has 0 radical (unpaired) electrons. The molecule has 17 rings (SSSR count). The quantitative estimate of drug-likeness (QED) is 0.0152. The monoisotopic (exact) mass is 1870 g/mol. The number of imidazole rings is 2. The summed E-state index contributed by atoms with van der Waals surface area (Å²) in [6, 6.07) is 26.9. The number of aliphatic hydroxyl groups is 3. The number of carbonyl (C=O) groups is 4. The van der Waals surface area contributed by atoms with Crippen molar-refractivity contribution >= 4 is 68.5 Å². The average Bonchev–Trinajstić information content (AvgIpc) is 1.45. The molecule has 2 unspecified atom stereocenters. The highest BCUT2D eigenvalue weighted by atomic mass is 16.5. The van der Waals surface area contributed by atoms with Crippen molar-refractivity contribution in [2.75, 3.05) is 65.1 Å². The molecule has 9 aliphatic carbocycles. The van der Waals surface area contributed by atoms with Gasteiger partial charge in [-0.25, -0.2) is 9.97 Å². The number of nitrogens with zero attached hydrogens (tertiary/aromatic N) is 9. The highest BCUT2D eigenvalue weighted by Crippen LogP contribution is 2.53. The van der Waals surface area contributed by atoms with Crippen LogP contribution >= 0.6 is 0 Å². The number of ether oxygens (including phenoxy) is 1. The first-order valence-corrected chi connectivity index (χ1v) is 51.4. The number of anilines is 2. The predicted molar refractivity (Wildman–Crippen MR) is 557 cm³/mol. The van der Waals surface area contributed by atoms with Crippen molar-refractivity contribution in [1.82, 2.24) is 34.6 Å². The van der Waals surface area contributed by atoms with Gasteiger partial charge in [0.15, 0.2) is 23.1 Å². The van der Waals surface area contributed by atoms with Crippen molar-refractivity contribution in [2.24, 2.45) is 43.5 Å². The number of benzene rings is 4. The predicted octanol–water partition coefficient (Wildman–Crippen LogP) is 24.0.